The van der Waals surface area contributed by atoms with Crippen molar-refractivity contribution in [1.82, 2.24) is 32.4 Å². The summed E-state index contributed by atoms with van der Waals surface area (Å²) in [6, 6.07) is 13.2. The molecule has 2 saturated heterocycles. The molecule has 2 N–H and O–H groups in total. The highest BCUT2D eigenvalue weighted by atomic mass is 32.2. The summed E-state index contributed by atoms with van der Waals surface area (Å²) in [4.78, 5) is 14.3. The first-order chi connectivity index (χ1) is 28.6. The summed E-state index contributed by atoms with van der Waals surface area (Å²) in [5.41, 5.74) is 6.88. The van der Waals surface area contributed by atoms with Crippen LogP contribution in [-0.4, -0.2) is 87.0 Å². The Hall–Kier alpha value is -3.69. The van der Waals surface area contributed by atoms with Gasteiger partial charge in [0.05, 0.1) is 71.0 Å². The highest BCUT2D eigenvalue weighted by molar-refractivity contribution is 7.99. The van der Waals surface area contributed by atoms with Crippen LogP contribution in [-0.2, 0) is 33.4 Å². The van der Waals surface area contributed by atoms with Gasteiger partial charge >= 0.3 is 0 Å². The van der Waals surface area contributed by atoms with Gasteiger partial charge in [0.25, 0.3) is 0 Å². The molecule has 12 nitrogen and oxygen atoms in total. The molecule has 0 radical (unpaired) electrons. The second-order valence-corrected chi connectivity index (χ2v) is 20.5. The molecule has 0 saturated carbocycles. The number of imidazole rings is 3. The lowest BCUT2D eigenvalue weighted by atomic mass is 9.94. The third kappa shape index (κ3) is 13.9. The number of anilines is 2. The molecule has 2 fully saturated rings. The molecule has 0 amide bonds. The molecular weight excluding hydrogens is 801 g/mol. The van der Waals surface area contributed by atoms with Crippen molar-refractivity contribution in [2.75, 3.05) is 63.2 Å². The van der Waals surface area contributed by atoms with Crippen molar-refractivity contribution >= 4 is 57.7 Å². The molecule has 61 heavy (non-hydrogen) atoms. The van der Waals surface area contributed by atoms with Crippen LogP contribution in [0.1, 0.15) is 107 Å². The van der Waals surface area contributed by atoms with Crippen molar-refractivity contribution in [3.05, 3.63) is 79.2 Å². The summed E-state index contributed by atoms with van der Waals surface area (Å²) in [7, 11) is 8.24. The third-order valence-electron chi connectivity index (χ3n) is 10.5. The van der Waals surface area contributed by atoms with Gasteiger partial charge in [0.15, 0.2) is 0 Å². The number of aromatic nitrogens is 6. The monoisotopic (exact) mass is 878 g/mol. The van der Waals surface area contributed by atoms with Crippen LogP contribution >= 0.6 is 24.3 Å². The Labute approximate surface area is 376 Å². The molecule has 7 rings (SSSR count). The third-order valence-corrected chi connectivity index (χ3v) is 12.2. The van der Waals surface area contributed by atoms with Crippen LogP contribution in [0.25, 0.3) is 22.1 Å². The topological polar surface area (TPSA) is 98.2 Å². The fourth-order valence-corrected chi connectivity index (χ4v) is 8.89. The van der Waals surface area contributed by atoms with E-state index in [2.05, 4.69) is 146 Å². The lowest BCUT2D eigenvalue weighted by molar-refractivity contribution is -0.556. The van der Waals surface area contributed by atoms with Gasteiger partial charge in [-0.2, -0.15) is 0 Å². The zero-order valence-electron chi connectivity index (χ0n) is 38.5. The van der Waals surface area contributed by atoms with E-state index in [-0.39, 0.29) is 18.3 Å². The van der Waals surface area contributed by atoms with Crippen molar-refractivity contribution in [3.63, 3.8) is 0 Å². The van der Waals surface area contributed by atoms with Crippen LogP contribution in [0.3, 0.4) is 0 Å². The molecule has 0 aliphatic carbocycles. The molecule has 0 unspecified atom stereocenters. The highest BCUT2D eigenvalue weighted by Crippen LogP contribution is 2.34. The maximum absolute atomic E-state index is 5.56. The number of fused-ring (bicyclic) bond motifs is 2. The normalized spacial score (nSPS) is 15.3. The van der Waals surface area contributed by atoms with E-state index in [4.69, 9.17) is 19.4 Å². The van der Waals surface area contributed by atoms with E-state index in [0.717, 1.165) is 93.4 Å². The summed E-state index contributed by atoms with van der Waals surface area (Å²) >= 11 is 3.25. The number of hydrogen-bond donors (Lipinski definition) is 1. The van der Waals surface area contributed by atoms with Gasteiger partial charge in [-0.25, -0.2) is 15.0 Å². The van der Waals surface area contributed by atoms with Crippen molar-refractivity contribution in [2.45, 2.75) is 119 Å². The molecule has 14 heteroatoms. The second-order valence-electron chi connectivity index (χ2n) is 18.1. The second kappa shape index (κ2) is 23.1. The first-order valence-electron chi connectivity index (χ1n) is 21.8. The lowest BCUT2D eigenvalue weighted by Crippen LogP contribution is -2.72. The first kappa shape index (κ1) is 50.0. The minimum Gasteiger partial charge on any atom is -0.381 e. The Bertz CT molecular complexity index is 2070. The van der Waals surface area contributed by atoms with E-state index >= 15 is 0 Å². The minimum atomic E-state index is 0. The Morgan fingerprint density at radius 1 is 0.754 bits per heavy atom. The van der Waals surface area contributed by atoms with Crippen molar-refractivity contribution in [2.24, 2.45) is 11.8 Å². The standard InChI is InChI=1S/C22H35N5OS.C21H29N5OS.C3H8.CH4/c1-22(2,3)21-24-19-15-18(26(6)29-25(5)12-11-23-4)7-8-20(19)27(21)16-17-9-13-28-14-10-17;1-21(2,3)20-23-18-13-17(24(4)28-25-10-9-22-15-25)5-6-19(18)26(20)14-16-7-11-27-12-8-16;1-3-2;/h7-8,11-12,15,17,23H,9-10,13-14,16H2,1-6H3;5-6,9-10,13,15-16H,7-8,11-12,14H2,1-4H3;3H2,1-2H3;1H4/p+1/b12-11-;;;. The zero-order valence-corrected chi connectivity index (χ0v) is 40.2. The van der Waals surface area contributed by atoms with Crippen LogP contribution in [0, 0.1) is 11.8 Å². The van der Waals surface area contributed by atoms with Crippen LogP contribution in [0.2, 0.25) is 0 Å². The molecule has 2 aromatic carbocycles. The predicted octanol–water partition coefficient (Wildman–Crippen LogP) is 9.91. The zero-order chi connectivity index (χ0) is 43.5. The van der Waals surface area contributed by atoms with Crippen LogP contribution in [0.5, 0.6) is 0 Å². The van der Waals surface area contributed by atoms with E-state index in [9.17, 15) is 0 Å². The van der Waals surface area contributed by atoms with Crippen molar-refractivity contribution in [3.8, 4) is 0 Å². The average molecular weight is 878 g/mol. The Kier molecular flexibility index (Phi) is 18.9. The smallest absolute Gasteiger partial charge is 0.115 e. The van der Waals surface area contributed by atoms with Crippen LogP contribution in [0.15, 0.2) is 67.5 Å². The Morgan fingerprint density at radius 3 is 1.62 bits per heavy atom. The molecule has 0 bridgehead atoms. The van der Waals surface area contributed by atoms with E-state index in [1.165, 1.54) is 23.3 Å². The van der Waals surface area contributed by atoms with Gasteiger partial charge in [0, 0.05) is 83.9 Å². The van der Waals surface area contributed by atoms with Crippen LogP contribution in [0.4, 0.5) is 11.4 Å². The van der Waals surface area contributed by atoms with E-state index < -0.39 is 0 Å². The fraction of sp³-hybridized carbons (Fsp3) is 0.596. The van der Waals surface area contributed by atoms with Crippen molar-refractivity contribution in [1.29, 1.82) is 0 Å². The first-order valence-corrected chi connectivity index (χ1v) is 23.3. The quantitative estimate of drug-likeness (QED) is 0.122. The van der Waals surface area contributed by atoms with Gasteiger partial charge in [0.1, 0.15) is 24.2 Å². The number of benzene rings is 2. The summed E-state index contributed by atoms with van der Waals surface area (Å²) in [6.07, 6.45) is 15.4. The highest BCUT2D eigenvalue weighted by Gasteiger charge is 2.27. The number of rotatable bonds is 12. The van der Waals surface area contributed by atoms with Gasteiger partial charge in [-0.05, 0) is 73.9 Å². The summed E-state index contributed by atoms with van der Waals surface area (Å²) in [5, 5.41) is 2.03. The molecule has 0 spiro atoms. The maximum atomic E-state index is 5.56. The van der Waals surface area contributed by atoms with Gasteiger partial charge < -0.3 is 36.8 Å². The molecule has 3 aromatic heterocycles. The number of nitrogens with two attached hydrogens (primary N) is 1. The SMILES string of the molecule is C.CCC.CN(Sn1ccnc1)c1ccc2c(c1)nc(C(C)(C)C)n2CC1CCOCC1.C[NH2+]/C=C\N(C)SN(C)c1ccc2c(c1)nc(C(C)(C)C)n2CC1CCOCC1. The lowest BCUT2D eigenvalue weighted by Gasteiger charge is -2.26. The molecule has 5 aromatic rings. The summed E-state index contributed by atoms with van der Waals surface area (Å²) in [6.45, 7) is 23.3. The minimum absolute atomic E-state index is 0. The molecule has 2 aliphatic rings. The van der Waals surface area contributed by atoms with Gasteiger partial charge in [-0.1, -0.05) is 69.2 Å². The van der Waals surface area contributed by atoms with Gasteiger partial charge in [0.2, 0.25) is 0 Å². The largest absolute Gasteiger partial charge is 0.381 e. The molecule has 338 valence electrons. The predicted molar refractivity (Wildman–Crippen MR) is 261 cm³/mol. The Balaban J connectivity index is 0.000000249. The van der Waals surface area contributed by atoms with E-state index in [1.807, 2.05) is 28.7 Å². The van der Waals surface area contributed by atoms with Crippen LogP contribution < -0.4 is 13.9 Å². The summed E-state index contributed by atoms with van der Waals surface area (Å²) in [5.74, 6) is 3.66. The molecule has 0 atom stereocenters. The molecule has 5 heterocycles. The Morgan fingerprint density at radius 2 is 1.21 bits per heavy atom. The van der Waals surface area contributed by atoms with Gasteiger partial charge in [-0.15, -0.1) is 0 Å². The number of nitrogens with zero attached hydrogens (tertiary/aromatic N) is 9. The molecular formula is C47H77N10O2S2+. The average Bonchev–Trinajstić information content (AvgIpc) is 3.96. The number of ether oxygens (including phenoxy) is 2. The number of hydrogen-bond acceptors (Lipinski definition) is 10. The van der Waals surface area contributed by atoms with E-state index in [0.29, 0.717) is 11.8 Å². The summed E-state index contributed by atoms with van der Waals surface area (Å²) < 4.78 is 24.4. The molecule has 2 aliphatic heterocycles. The van der Waals surface area contributed by atoms with Gasteiger partial charge in [-0.3, -0.25) is 3.97 Å². The van der Waals surface area contributed by atoms with E-state index in [1.54, 1.807) is 36.8 Å². The van der Waals surface area contributed by atoms with Crippen molar-refractivity contribution < 1.29 is 14.8 Å². The maximum Gasteiger partial charge on any atom is 0.115 e. The number of quaternary nitrogens is 1. The fourth-order valence-electron chi connectivity index (χ4n) is 7.48.